The van der Waals surface area contributed by atoms with E-state index in [9.17, 15) is 0 Å². The van der Waals surface area contributed by atoms with Gasteiger partial charge in [-0.05, 0) is 37.6 Å². The minimum Gasteiger partial charge on any atom is -0.363 e. The van der Waals surface area contributed by atoms with Crippen LogP contribution in [0.2, 0.25) is 0 Å². The van der Waals surface area contributed by atoms with Gasteiger partial charge in [-0.1, -0.05) is 59.3 Å². The Morgan fingerprint density at radius 1 is 0.963 bits per heavy atom. The first-order valence-electron chi connectivity index (χ1n) is 8.88. The molecule has 0 fully saturated rings. The third kappa shape index (κ3) is 3.72. The third-order valence-electron chi connectivity index (χ3n) is 4.39. The predicted octanol–water partition coefficient (Wildman–Crippen LogP) is 5.28. The van der Waals surface area contributed by atoms with Crippen molar-refractivity contribution in [2.75, 3.05) is 5.32 Å². The van der Waals surface area contributed by atoms with E-state index in [0.29, 0.717) is 17.5 Å². The molecule has 0 bridgehead atoms. The van der Waals surface area contributed by atoms with E-state index in [4.69, 9.17) is 4.52 Å². The average molecular weight is 356 g/mol. The Kier molecular flexibility index (Phi) is 4.66. The molecule has 0 aliphatic rings. The number of nitrogens with zero attached hydrogens (tertiary/aromatic N) is 3. The molecule has 1 N–H and O–H groups in total. The third-order valence-corrected chi connectivity index (χ3v) is 4.39. The van der Waals surface area contributed by atoms with Crippen molar-refractivity contribution < 1.29 is 4.52 Å². The smallest absolute Gasteiger partial charge is 0.261 e. The molecular weight excluding hydrogens is 336 g/mol. The first kappa shape index (κ1) is 17.0. The molecule has 4 rings (SSSR count). The second kappa shape index (κ2) is 7.41. The van der Waals surface area contributed by atoms with Crippen LogP contribution in [0.4, 0.5) is 5.82 Å². The fraction of sp³-hybridized carbons (Fsp3) is 0.136. The van der Waals surface area contributed by atoms with Crippen LogP contribution in [0.25, 0.3) is 22.8 Å². The molecule has 0 unspecified atom stereocenters. The van der Waals surface area contributed by atoms with Gasteiger partial charge >= 0.3 is 0 Å². The number of aromatic nitrogens is 3. The lowest BCUT2D eigenvalue weighted by molar-refractivity contribution is 0.432. The number of anilines is 1. The molecule has 0 aliphatic carbocycles. The van der Waals surface area contributed by atoms with Gasteiger partial charge in [-0.3, -0.25) is 0 Å². The van der Waals surface area contributed by atoms with Crippen LogP contribution in [-0.4, -0.2) is 15.1 Å². The number of benzene rings is 2. The van der Waals surface area contributed by atoms with Crippen molar-refractivity contribution in [1.82, 2.24) is 15.1 Å². The van der Waals surface area contributed by atoms with E-state index in [1.165, 1.54) is 5.56 Å². The van der Waals surface area contributed by atoms with Crippen molar-refractivity contribution in [2.45, 2.75) is 19.9 Å². The van der Waals surface area contributed by atoms with Gasteiger partial charge in [0.25, 0.3) is 5.89 Å². The van der Waals surface area contributed by atoms with Crippen molar-refractivity contribution in [3.05, 3.63) is 84.1 Å². The molecule has 0 saturated heterocycles. The van der Waals surface area contributed by atoms with E-state index >= 15 is 0 Å². The Balaban J connectivity index is 1.64. The SMILES string of the molecule is Cc1cccc(-c2noc(-c3cccnc3N[C@@H](C)c3ccccc3)n2)c1. The molecule has 4 aromatic rings. The van der Waals surface area contributed by atoms with Gasteiger partial charge in [0.15, 0.2) is 0 Å². The molecule has 0 aliphatic heterocycles. The maximum Gasteiger partial charge on any atom is 0.261 e. The molecule has 2 aromatic heterocycles. The highest BCUT2D eigenvalue weighted by molar-refractivity contribution is 5.70. The van der Waals surface area contributed by atoms with Gasteiger partial charge in [-0.25, -0.2) is 4.98 Å². The van der Waals surface area contributed by atoms with Crippen LogP contribution in [0.15, 0.2) is 77.4 Å². The molecule has 27 heavy (non-hydrogen) atoms. The molecule has 0 saturated carbocycles. The van der Waals surface area contributed by atoms with Gasteiger partial charge in [0.05, 0.1) is 5.56 Å². The lowest BCUT2D eigenvalue weighted by Gasteiger charge is -2.16. The largest absolute Gasteiger partial charge is 0.363 e. The van der Waals surface area contributed by atoms with Crippen LogP contribution < -0.4 is 5.32 Å². The summed E-state index contributed by atoms with van der Waals surface area (Å²) in [6, 6.07) is 22.2. The minimum atomic E-state index is 0.0963. The Bertz CT molecular complexity index is 1040. The number of hydrogen-bond donors (Lipinski definition) is 1. The topological polar surface area (TPSA) is 63.8 Å². The summed E-state index contributed by atoms with van der Waals surface area (Å²) in [7, 11) is 0. The standard InChI is InChI=1S/C22H20N4O/c1-15-8-6-11-18(14-15)20-25-22(27-26-20)19-12-7-13-23-21(19)24-16(2)17-9-4-3-5-10-17/h3-14,16H,1-2H3,(H,23,24)/t16-/m0/s1. The van der Waals surface area contributed by atoms with Crippen LogP contribution in [0.3, 0.4) is 0 Å². The molecule has 5 heteroatoms. The molecule has 2 heterocycles. The summed E-state index contributed by atoms with van der Waals surface area (Å²) in [5.74, 6) is 1.73. The van der Waals surface area contributed by atoms with Gasteiger partial charge in [0, 0.05) is 17.8 Å². The van der Waals surface area contributed by atoms with Crippen LogP contribution in [0, 0.1) is 6.92 Å². The number of aryl methyl sites for hydroxylation is 1. The maximum absolute atomic E-state index is 5.53. The first-order chi connectivity index (χ1) is 13.2. The van der Waals surface area contributed by atoms with Gasteiger partial charge in [-0.2, -0.15) is 4.98 Å². The summed E-state index contributed by atoms with van der Waals surface area (Å²) in [6.07, 6.45) is 1.75. The Morgan fingerprint density at radius 2 is 1.81 bits per heavy atom. The van der Waals surface area contributed by atoms with E-state index < -0.39 is 0 Å². The highest BCUT2D eigenvalue weighted by Crippen LogP contribution is 2.29. The van der Waals surface area contributed by atoms with Crippen molar-refractivity contribution in [3.8, 4) is 22.8 Å². The van der Waals surface area contributed by atoms with E-state index in [0.717, 1.165) is 16.7 Å². The zero-order valence-corrected chi connectivity index (χ0v) is 15.3. The number of nitrogens with one attached hydrogen (secondary N) is 1. The Labute approximate surface area is 158 Å². The Hall–Kier alpha value is -3.47. The zero-order chi connectivity index (χ0) is 18.6. The highest BCUT2D eigenvalue weighted by Gasteiger charge is 2.16. The molecule has 5 nitrogen and oxygen atoms in total. The predicted molar refractivity (Wildman–Crippen MR) is 106 cm³/mol. The number of hydrogen-bond acceptors (Lipinski definition) is 5. The highest BCUT2D eigenvalue weighted by atomic mass is 16.5. The van der Waals surface area contributed by atoms with Crippen LogP contribution in [-0.2, 0) is 0 Å². The first-order valence-corrected chi connectivity index (χ1v) is 8.88. The number of pyridine rings is 1. The van der Waals surface area contributed by atoms with E-state index in [1.54, 1.807) is 6.20 Å². The van der Waals surface area contributed by atoms with Crippen molar-refractivity contribution in [2.24, 2.45) is 0 Å². The van der Waals surface area contributed by atoms with Gasteiger partial charge < -0.3 is 9.84 Å². The van der Waals surface area contributed by atoms with E-state index in [2.05, 4.69) is 39.5 Å². The van der Waals surface area contributed by atoms with E-state index in [1.807, 2.05) is 61.5 Å². The van der Waals surface area contributed by atoms with Crippen molar-refractivity contribution in [3.63, 3.8) is 0 Å². The summed E-state index contributed by atoms with van der Waals surface area (Å²) in [4.78, 5) is 9.05. The van der Waals surface area contributed by atoms with Crippen LogP contribution in [0.5, 0.6) is 0 Å². The van der Waals surface area contributed by atoms with Crippen molar-refractivity contribution >= 4 is 5.82 Å². The maximum atomic E-state index is 5.53. The summed E-state index contributed by atoms with van der Waals surface area (Å²) < 4.78 is 5.53. The zero-order valence-electron chi connectivity index (χ0n) is 15.3. The van der Waals surface area contributed by atoms with Crippen molar-refractivity contribution in [1.29, 1.82) is 0 Å². The fourth-order valence-electron chi connectivity index (χ4n) is 2.96. The Morgan fingerprint density at radius 3 is 2.63 bits per heavy atom. The molecule has 134 valence electrons. The summed E-state index contributed by atoms with van der Waals surface area (Å²) >= 11 is 0. The second-order valence-electron chi connectivity index (χ2n) is 6.47. The normalized spacial score (nSPS) is 11.9. The summed E-state index contributed by atoms with van der Waals surface area (Å²) in [5, 5.41) is 7.59. The van der Waals surface area contributed by atoms with Gasteiger partial charge in [0.1, 0.15) is 5.82 Å². The fourth-order valence-corrected chi connectivity index (χ4v) is 2.96. The summed E-state index contributed by atoms with van der Waals surface area (Å²) in [6.45, 7) is 4.14. The lowest BCUT2D eigenvalue weighted by atomic mass is 10.1. The number of rotatable bonds is 5. The minimum absolute atomic E-state index is 0.0963. The summed E-state index contributed by atoms with van der Waals surface area (Å²) in [5.41, 5.74) is 4.05. The molecular formula is C22H20N4O. The average Bonchev–Trinajstić information content (AvgIpc) is 3.19. The monoisotopic (exact) mass is 356 g/mol. The molecule has 0 spiro atoms. The second-order valence-corrected chi connectivity index (χ2v) is 6.47. The molecule has 1 atom stereocenters. The van der Waals surface area contributed by atoms with Gasteiger partial charge in [0.2, 0.25) is 5.82 Å². The van der Waals surface area contributed by atoms with Crippen LogP contribution in [0.1, 0.15) is 24.1 Å². The molecule has 2 aromatic carbocycles. The van der Waals surface area contributed by atoms with Gasteiger partial charge in [-0.15, -0.1) is 0 Å². The van der Waals surface area contributed by atoms with E-state index in [-0.39, 0.29) is 6.04 Å². The van der Waals surface area contributed by atoms with Crippen LogP contribution >= 0.6 is 0 Å². The quantitative estimate of drug-likeness (QED) is 0.527. The molecule has 0 amide bonds. The molecule has 0 radical (unpaired) electrons. The lowest BCUT2D eigenvalue weighted by Crippen LogP contribution is -2.08.